The number of hydrogen-bond donors (Lipinski definition) is 0. The highest BCUT2D eigenvalue weighted by atomic mass is 16.5. The molecule has 0 saturated heterocycles. The van der Waals surface area contributed by atoms with E-state index in [9.17, 15) is 4.79 Å². The molecule has 0 saturated carbocycles. The lowest BCUT2D eigenvalue weighted by atomic mass is 10.0. The highest BCUT2D eigenvalue weighted by molar-refractivity contribution is 5.77. The van der Waals surface area contributed by atoms with Crippen molar-refractivity contribution >= 4 is 5.91 Å². The first-order chi connectivity index (χ1) is 13.5. The van der Waals surface area contributed by atoms with Gasteiger partial charge in [-0.2, -0.15) is 10.1 Å². The first-order valence-corrected chi connectivity index (χ1v) is 9.70. The fourth-order valence-corrected chi connectivity index (χ4v) is 3.66. The molecule has 0 N–H and O–H groups in total. The molecule has 1 aliphatic heterocycles. The van der Waals surface area contributed by atoms with E-state index in [0.717, 1.165) is 29.8 Å². The summed E-state index contributed by atoms with van der Waals surface area (Å²) in [5.41, 5.74) is 3.96. The standard InChI is InChI=1S/C21H25N5O2/c1-14(2)11-19(27)26-10-9-17-16(13-26)20(23-25(17)3)21-22-18(24-28-21)12-15-7-5-4-6-8-15/h4-8,14H,9-13H2,1-3H3. The van der Waals surface area contributed by atoms with Gasteiger partial charge in [0, 0.05) is 50.7 Å². The third kappa shape index (κ3) is 3.69. The van der Waals surface area contributed by atoms with Crippen LogP contribution in [0.5, 0.6) is 0 Å². The van der Waals surface area contributed by atoms with Gasteiger partial charge in [-0.05, 0) is 11.5 Å². The zero-order valence-electron chi connectivity index (χ0n) is 16.6. The number of aromatic nitrogens is 4. The molecule has 3 aromatic rings. The van der Waals surface area contributed by atoms with E-state index in [1.165, 1.54) is 0 Å². The van der Waals surface area contributed by atoms with Gasteiger partial charge in [0.25, 0.3) is 5.89 Å². The lowest BCUT2D eigenvalue weighted by Gasteiger charge is -2.28. The van der Waals surface area contributed by atoms with Crippen LogP contribution in [0.4, 0.5) is 0 Å². The van der Waals surface area contributed by atoms with Gasteiger partial charge >= 0.3 is 0 Å². The molecule has 1 aliphatic rings. The fourth-order valence-electron chi connectivity index (χ4n) is 3.66. The van der Waals surface area contributed by atoms with E-state index < -0.39 is 0 Å². The number of carbonyl (C=O) groups is 1. The van der Waals surface area contributed by atoms with Crippen molar-refractivity contribution in [2.75, 3.05) is 6.54 Å². The van der Waals surface area contributed by atoms with E-state index >= 15 is 0 Å². The fraction of sp³-hybridized carbons (Fsp3) is 0.429. The predicted molar refractivity (Wildman–Crippen MR) is 104 cm³/mol. The Kier molecular flexibility index (Phi) is 4.98. The van der Waals surface area contributed by atoms with Crippen LogP contribution in [0.2, 0.25) is 0 Å². The summed E-state index contributed by atoms with van der Waals surface area (Å²) in [6.07, 6.45) is 1.96. The summed E-state index contributed by atoms with van der Waals surface area (Å²) in [4.78, 5) is 19.0. The average molecular weight is 379 g/mol. The number of aryl methyl sites for hydroxylation is 1. The molecule has 4 rings (SSSR count). The third-order valence-electron chi connectivity index (χ3n) is 5.05. The van der Waals surface area contributed by atoms with Crippen molar-refractivity contribution in [2.24, 2.45) is 13.0 Å². The lowest BCUT2D eigenvalue weighted by molar-refractivity contribution is -0.132. The molecule has 1 aromatic carbocycles. The maximum atomic E-state index is 12.5. The van der Waals surface area contributed by atoms with Gasteiger partial charge in [0.1, 0.15) is 0 Å². The zero-order chi connectivity index (χ0) is 19.7. The van der Waals surface area contributed by atoms with Crippen LogP contribution < -0.4 is 0 Å². The van der Waals surface area contributed by atoms with Crippen LogP contribution in [-0.2, 0) is 31.2 Å². The molecule has 2 aromatic heterocycles. The summed E-state index contributed by atoms with van der Waals surface area (Å²) in [6.45, 7) is 5.39. The van der Waals surface area contributed by atoms with Crippen molar-refractivity contribution < 1.29 is 9.32 Å². The summed E-state index contributed by atoms with van der Waals surface area (Å²) in [5.74, 6) is 1.58. The topological polar surface area (TPSA) is 77.1 Å². The van der Waals surface area contributed by atoms with Crippen LogP contribution >= 0.6 is 0 Å². The smallest absolute Gasteiger partial charge is 0.278 e. The van der Waals surface area contributed by atoms with Crippen molar-refractivity contribution in [3.8, 4) is 11.6 Å². The van der Waals surface area contributed by atoms with Crippen LogP contribution in [0.3, 0.4) is 0 Å². The molecular weight excluding hydrogens is 354 g/mol. The predicted octanol–water partition coefficient (Wildman–Crippen LogP) is 2.99. The molecule has 0 aliphatic carbocycles. The lowest BCUT2D eigenvalue weighted by Crippen LogP contribution is -2.36. The van der Waals surface area contributed by atoms with E-state index in [1.54, 1.807) is 0 Å². The normalized spacial score (nSPS) is 13.8. The Balaban J connectivity index is 1.58. The van der Waals surface area contributed by atoms with Crippen molar-refractivity contribution in [1.82, 2.24) is 24.8 Å². The van der Waals surface area contributed by atoms with E-state index in [4.69, 9.17) is 4.52 Å². The number of fused-ring (bicyclic) bond motifs is 1. The second kappa shape index (κ2) is 7.58. The molecule has 0 fully saturated rings. The minimum Gasteiger partial charge on any atom is -0.338 e. The summed E-state index contributed by atoms with van der Waals surface area (Å²) in [7, 11) is 1.93. The molecule has 7 nitrogen and oxygen atoms in total. The quantitative estimate of drug-likeness (QED) is 0.681. The Morgan fingerprint density at radius 2 is 2.04 bits per heavy atom. The SMILES string of the molecule is CC(C)CC(=O)N1CCc2c(c(-c3nc(Cc4ccccc4)no3)nn2C)C1. The van der Waals surface area contributed by atoms with Gasteiger partial charge in [0.05, 0.1) is 0 Å². The number of hydrogen-bond acceptors (Lipinski definition) is 5. The van der Waals surface area contributed by atoms with Crippen molar-refractivity contribution in [1.29, 1.82) is 0 Å². The Labute approximate surface area is 164 Å². The number of rotatable bonds is 5. The maximum Gasteiger partial charge on any atom is 0.278 e. The van der Waals surface area contributed by atoms with E-state index in [1.807, 2.05) is 47.0 Å². The Morgan fingerprint density at radius 3 is 2.79 bits per heavy atom. The summed E-state index contributed by atoms with van der Waals surface area (Å²) in [5, 5.41) is 8.74. The van der Waals surface area contributed by atoms with Gasteiger partial charge in [-0.15, -0.1) is 0 Å². The monoisotopic (exact) mass is 379 g/mol. The Bertz CT molecular complexity index is 974. The van der Waals surface area contributed by atoms with Crippen LogP contribution in [0.15, 0.2) is 34.9 Å². The second-order valence-corrected chi connectivity index (χ2v) is 7.74. The van der Waals surface area contributed by atoms with E-state index in [-0.39, 0.29) is 5.91 Å². The molecule has 3 heterocycles. The van der Waals surface area contributed by atoms with Gasteiger partial charge < -0.3 is 9.42 Å². The summed E-state index contributed by atoms with van der Waals surface area (Å²) in [6, 6.07) is 10.0. The highest BCUT2D eigenvalue weighted by Gasteiger charge is 2.29. The minimum atomic E-state index is 0.186. The molecule has 0 unspecified atom stereocenters. The molecule has 0 atom stereocenters. The van der Waals surface area contributed by atoms with Crippen molar-refractivity contribution in [3.05, 3.63) is 53.0 Å². The summed E-state index contributed by atoms with van der Waals surface area (Å²) < 4.78 is 7.39. The van der Waals surface area contributed by atoms with Gasteiger partial charge in [-0.25, -0.2) is 0 Å². The van der Waals surface area contributed by atoms with Crippen LogP contribution in [0.1, 0.15) is 42.9 Å². The van der Waals surface area contributed by atoms with Gasteiger partial charge in [-0.1, -0.05) is 49.3 Å². The third-order valence-corrected chi connectivity index (χ3v) is 5.05. The Morgan fingerprint density at radius 1 is 1.25 bits per heavy atom. The number of nitrogens with zero attached hydrogens (tertiary/aromatic N) is 5. The van der Waals surface area contributed by atoms with Gasteiger partial charge in [-0.3, -0.25) is 9.48 Å². The van der Waals surface area contributed by atoms with Crippen LogP contribution in [0.25, 0.3) is 11.6 Å². The molecule has 0 spiro atoms. The van der Waals surface area contributed by atoms with Crippen molar-refractivity contribution in [3.63, 3.8) is 0 Å². The molecular formula is C21H25N5O2. The second-order valence-electron chi connectivity index (χ2n) is 7.74. The first kappa shape index (κ1) is 18.4. The summed E-state index contributed by atoms with van der Waals surface area (Å²) >= 11 is 0. The maximum absolute atomic E-state index is 12.5. The van der Waals surface area contributed by atoms with Gasteiger partial charge in [0.15, 0.2) is 11.5 Å². The molecule has 1 amide bonds. The van der Waals surface area contributed by atoms with Crippen molar-refractivity contribution in [2.45, 2.75) is 39.7 Å². The minimum absolute atomic E-state index is 0.186. The zero-order valence-corrected chi connectivity index (χ0v) is 16.6. The van der Waals surface area contributed by atoms with E-state index in [2.05, 4.69) is 29.1 Å². The highest BCUT2D eigenvalue weighted by Crippen LogP contribution is 2.29. The first-order valence-electron chi connectivity index (χ1n) is 9.70. The van der Waals surface area contributed by atoms with E-state index in [0.29, 0.717) is 42.7 Å². The van der Waals surface area contributed by atoms with Gasteiger partial charge in [0.2, 0.25) is 5.91 Å². The largest absolute Gasteiger partial charge is 0.338 e. The van der Waals surface area contributed by atoms with Crippen LogP contribution in [-0.4, -0.2) is 37.3 Å². The molecule has 0 bridgehead atoms. The Hall–Kier alpha value is -2.96. The van der Waals surface area contributed by atoms with Crippen LogP contribution in [0, 0.1) is 5.92 Å². The number of benzene rings is 1. The molecule has 0 radical (unpaired) electrons. The average Bonchev–Trinajstić information content (AvgIpc) is 3.26. The molecule has 146 valence electrons. The number of carbonyl (C=O) groups excluding carboxylic acids is 1. The molecule has 28 heavy (non-hydrogen) atoms. The number of amides is 1. The molecule has 7 heteroatoms.